The molecule has 14 nitrogen and oxygen atoms in total. The minimum absolute atomic E-state index is 0.00602. The van der Waals surface area contributed by atoms with Crippen molar-refractivity contribution in [2.75, 3.05) is 26.1 Å². The molecule has 0 unspecified atom stereocenters. The summed E-state index contributed by atoms with van der Waals surface area (Å²) in [6.07, 6.45) is 0. The minimum Gasteiger partial charge on any atom is -0.504 e. The molecular formula is C30H28F2N6O8. The number of anilines is 1. The lowest BCUT2D eigenvalue weighted by Crippen LogP contribution is -2.20. The average molecular weight is 639 g/mol. The van der Waals surface area contributed by atoms with Gasteiger partial charge in [0.2, 0.25) is 23.1 Å². The van der Waals surface area contributed by atoms with Gasteiger partial charge in [-0.2, -0.15) is 13.8 Å². The van der Waals surface area contributed by atoms with Gasteiger partial charge in [0.05, 0.1) is 26.4 Å². The highest BCUT2D eigenvalue weighted by atomic mass is 19.1. The van der Waals surface area contributed by atoms with Crippen LogP contribution in [0.5, 0.6) is 52.0 Å². The van der Waals surface area contributed by atoms with Gasteiger partial charge in [0.25, 0.3) is 11.8 Å². The van der Waals surface area contributed by atoms with Crippen molar-refractivity contribution >= 4 is 23.5 Å². The first-order valence-corrected chi connectivity index (χ1v) is 13.2. The highest BCUT2D eigenvalue weighted by Crippen LogP contribution is 2.46. The molecule has 46 heavy (non-hydrogen) atoms. The molecule has 0 aliphatic rings. The third-order valence-corrected chi connectivity index (χ3v) is 5.96. The smallest absolute Gasteiger partial charge is 0.338 e. The number of esters is 1. The van der Waals surface area contributed by atoms with Crippen LogP contribution in [0.3, 0.4) is 0 Å². The third-order valence-electron chi connectivity index (χ3n) is 5.96. The lowest BCUT2D eigenvalue weighted by Gasteiger charge is -2.18. The number of guanidine groups is 1. The molecule has 0 amide bonds. The van der Waals surface area contributed by atoms with Crippen molar-refractivity contribution in [2.24, 2.45) is 11.5 Å². The van der Waals surface area contributed by atoms with Crippen molar-refractivity contribution in [3.05, 3.63) is 77.4 Å². The van der Waals surface area contributed by atoms with Crippen LogP contribution in [-0.2, 0) is 4.74 Å². The summed E-state index contributed by atoms with van der Waals surface area (Å²) in [5, 5.41) is 28.0. The number of methoxy groups -OCH3 is 2. The number of benzene rings is 3. The van der Waals surface area contributed by atoms with E-state index in [1.807, 2.05) is 0 Å². The molecule has 0 bridgehead atoms. The summed E-state index contributed by atoms with van der Waals surface area (Å²) in [6, 6.07) is 11.9. The second-order valence-corrected chi connectivity index (χ2v) is 9.08. The number of nitrogen functional groups attached to an aromatic ring is 1. The number of amidine groups is 1. The van der Waals surface area contributed by atoms with E-state index < -0.39 is 40.9 Å². The zero-order chi connectivity index (χ0) is 33.5. The number of hydrogen-bond donors (Lipinski definition) is 6. The number of halogens is 2. The lowest BCUT2D eigenvalue weighted by atomic mass is 10.2. The number of aromatic hydroxyl groups is 1. The molecule has 0 fully saturated rings. The van der Waals surface area contributed by atoms with Gasteiger partial charge in [0.1, 0.15) is 11.6 Å². The molecule has 0 radical (unpaired) electrons. The summed E-state index contributed by atoms with van der Waals surface area (Å²) in [6.45, 7) is 1.70. The number of nitrogens with two attached hydrogens (primary N) is 2. The highest BCUT2D eigenvalue weighted by molar-refractivity contribution is 5.95. The molecule has 0 saturated heterocycles. The van der Waals surface area contributed by atoms with Gasteiger partial charge in [-0.25, -0.2) is 4.79 Å². The monoisotopic (exact) mass is 638 g/mol. The average Bonchev–Trinajstić information content (AvgIpc) is 3.02. The van der Waals surface area contributed by atoms with Crippen LogP contribution in [0.4, 0.5) is 14.5 Å². The Bertz CT molecular complexity index is 1800. The van der Waals surface area contributed by atoms with Gasteiger partial charge in [-0.05, 0) is 49.4 Å². The van der Waals surface area contributed by atoms with Crippen LogP contribution in [0.15, 0.2) is 54.6 Å². The largest absolute Gasteiger partial charge is 0.504 e. The molecule has 240 valence electrons. The second kappa shape index (κ2) is 14.0. The number of ether oxygens (including phenoxy) is 6. The molecule has 8 N–H and O–H groups in total. The van der Waals surface area contributed by atoms with Crippen LogP contribution in [0.25, 0.3) is 0 Å². The van der Waals surface area contributed by atoms with Crippen molar-refractivity contribution in [3.63, 3.8) is 0 Å². The number of pyridine rings is 1. The number of rotatable bonds is 12. The molecule has 1 heterocycles. The summed E-state index contributed by atoms with van der Waals surface area (Å²) >= 11 is 0. The van der Waals surface area contributed by atoms with Crippen LogP contribution < -0.4 is 40.5 Å². The first-order valence-electron chi connectivity index (χ1n) is 13.2. The normalized spacial score (nSPS) is 10.5. The Morgan fingerprint density at radius 2 is 1.50 bits per heavy atom. The van der Waals surface area contributed by atoms with E-state index in [0.29, 0.717) is 5.69 Å². The van der Waals surface area contributed by atoms with Gasteiger partial charge in [0, 0.05) is 17.3 Å². The molecule has 16 heteroatoms. The molecule has 0 atom stereocenters. The van der Waals surface area contributed by atoms with E-state index >= 15 is 8.78 Å². The first-order chi connectivity index (χ1) is 21.9. The fourth-order valence-corrected chi connectivity index (χ4v) is 3.89. The number of nitrogens with zero attached hydrogens (tertiary/aromatic N) is 1. The van der Waals surface area contributed by atoms with Crippen LogP contribution in [0, 0.1) is 22.5 Å². The van der Waals surface area contributed by atoms with E-state index in [1.165, 1.54) is 50.6 Å². The zero-order valence-electron chi connectivity index (χ0n) is 24.6. The number of carbonyl (C=O) groups is 1. The van der Waals surface area contributed by atoms with E-state index in [-0.39, 0.29) is 58.3 Å². The van der Waals surface area contributed by atoms with Crippen LogP contribution in [-0.4, -0.2) is 48.7 Å². The van der Waals surface area contributed by atoms with E-state index in [0.717, 1.165) is 12.1 Å². The molecule has 4 rings (SSSR count). The summed E-state index contributed by atoms with van der Waals surface area (Å²) in [7, 11) is 2.46. The number of phenolic OH excluding ortho intramolecular Hbond substituents is 1. The van der Waals surface area contributed by atoms with Crippen LogP contribution >= 0.6 is 0 Å². The highest BCUT2D eigenvalue weighted by Gasteiger charge is 2.29. The van der Waals surface area contributed by atoms with E-state index in [4.69, 9.17) is 50.7 Å². The van der Waals surface area contributed by atoms with E-state index in [1.54, 1.807) is 13.0 Å². The van der Waals surface area contributed by atoms with E-state index in [9.17, 15) is 9.90 Å². The lowest BCUT2D eigenvalue weighted by molar-refractivity contribution is 0.0525. The molecular weight excluding hydrogens is 610 g/mol. The fraction of sp³-hybridized carbons (Fsp3) is 0.133. The van der Waals surface area contributed by atoms with Gasteiger partial charge < -0.3 is 50.3 Å². The maximum Gasteiger partial charge on any atom is 0.338 e. The number of nitrogens with one attached hydrogen (secondary N) is 3. The Morgan fingerprint density at radius 3 is 2.09 bits per heavy atom. The predicted molar refractivity (Wildman–Crippen MR) is 161 cm³/mol. The van der Waals surface area contributed by atoms with Gasteiger partial charge in [-0.3, -0.25) is 10.8 Å². The van der Waals surface area contributed by atoms with Crippen molar-refractivity contribution in [3.8, 4) is 52.0 Å². The summed E-state index contributed by atoms with van der Waals surface area (Å²) in [5.74, 6) is -8.78. The SMILES string of the molecule is CCOC(=O)c1cc(OC)c(Oc2c(F)c(Oc3cccc(NC(=N)N)c3)nc(Oc3cc(C(=N)N)ccc3O)c2F)c(OC)c1. The minimum atomic E-state index is -1.48. The molecule has 3 aromatic carbocycles. The number of hydrogen-bond acceptors (Lipinski definition) is 11. The Balaban J connectivity index is 1.88. The predicted octanol–water partition coefficient (Wildman–Crippen LogP) is 5.23. The maximum atomic E-state index is 16.0. The number of phenols is 1. The molecule has 0 aliphatic carbocycles. The standard InChI is InChI=1S/C30H28F2N6O8/c1-4-43-29(40)15-11-20(41-2)24(21(12-15)42-3)46-25-22(31)27(44-17-7-5-6-16(13-17)37-30(35)36)38-28(23(25)32)45-19-10-14(26(33)34)8-9-18(19)39/h5-13,39H,4H2,1-3H3,(H3,33,34)(H4,35,36,37). The quantitative estimate of drug-likeness (QED) is 0.0668. The topological polar surface area (TPSA) is 217 Å². The van der Waals surface area contributed by atoms with Crippen LogP contribution in [0.1, 0.15) is 22.8 Å². The fourth-order valence-electron chi connectivity index (χ4n) is 3.89. The van der Waals surface area contributed by atoms with E-state index in [2.05, 4.69) is 10.3 Å². The summed E-state index contributed by atoms with van der Waals surface area (Å²) < 4.78 is 64.5. The van der Waals surface area contributed by atoms with Crippen molar-refractivity contribution in [1.82, 2.24) is 4.98 Å². The molecule has 0 spiro atoms. The molecule has 0 aliphatic heterocycles. The number of aromatic nitrogens is 1. The Morgan fingerprint density at radius 1 is 0.870 bits per heavy atom. The Labute approximate surface area is 260 Å². The van der Waals surface area contributed by atoms with Gasteiger partial charge in [-0.1, -0.05) is 6.07 Å². The maximum absolute atomic E-state index is 16.0. The van der Waals surface area contributed by atoms with Crippen LogP contribution in [0.2, 0.25) is 0 Å². The Kier molecular flexibility index (Phi) is 9.90. The summed E-state index contributed by atoms with van der Waals surface area (Å²) in [4.78, 5) is 16.2. The summed E-state index contributed by atoms with van der Waals surface area (Å²) in [5.41, 5.74) is 11.3. The van der Waals surface area contributed by atoms with Crippen molar-refractivity contribution in [2.45, 2.75) is 6.92 Å². The van der Waals surface area contributed by atoms with Gasteiger partial charge in [-0.15, -0.1) is 0 Å². The molecule has 1 aromatic heterocycles. The first kappa shape index (κ1) is 32.6. The molecule has 0 saturated carbocycles. The van der Waals surface area contributed by atoms with Crippen molar-refractivity contribution < 1.29 is 47.1 Å². The zero-order valence-corrected chi connectivity index (χ0v) is 24.6. The van der Waals surface area contributed by atoms with Gasteiger partial charge >= 0.3 is 5.97 Å². The number of carbonyl (C=O) groups excluding carboxylic acids is 1. The Hall–Kier alpha value is -6.32. The molecule has 4 aromatic rings. The third kappa shape index (κ3) is 7.24. The second-order valence-electron chi connectivity index (χ2n) is 9.08. The van der Waals surface area contributed by atoms with Gasteiger partial charge in [0.15, 0.2) is 29.0 Å². The van der Waals surface area contributed by atoms with Crippen molar-refractivity contribution in [1.29, 1.82) is 10.8 Å².